The second-order valence-corrected chi connectivity index (χ2v) is 12.7. The fourth-order valence-corrected chi connectivity index (χ4v) is 6.08. The molecule has 1 saturated heterocycles. The fourth-order valence-electron chi connectivity index (χ4n) is 6.08. The van der Waals surface area contributed by atoms with Crippen molar-refractivity contribution in [3.63, 3.8) is 0 Å². The van der Waals surface area contributed by atoms with E-state index in [-0.39, 0.29) is 29.6 Å². The van der Waals surface area contributed by atoms with E-state index in [1.54, 1.807) is 19.9 Å². The average Bonchev–Trinajstić information content (AvgIpc) is 3.02. The summed E-state index contributed by atoms with van der Waals surface area (Å²) in [5, 5.41) is 0. The SMILES string of the molecule is CCOC(=O)C(C)C1CCN(c2cc(-c3ccc(F)cc3C)c(N(C)C(=O)C(C)(C)c3cc(C(F)(F)F)cc(C(F)(F)F)c3)cn2)CC1. The van der Waals surface area contributed by atoms with Crippen LogP contribution in [0.1, 0.15) is 62.8 Å². The van der Waals surface area contributed by atoms with Gasteiger partial charge < -0.3 is 14.5 Å². The van der Waals surface area contributed by atoms with E-state index in [0.717, 1.165) is 4.90 Å². The Morgan fingerprint density at radius 3 is 2.02 bits per heavy atom. The fraction of sp³-hybridized carbons (Fsp3) is 0.457. The monoisotopic (exact) mass is 681 g/mol. The third-order valence-electron chi connectivity index (χ3n) is 9.09. The number of hydrogen-bond donors (Lipinski definition) is 0. The van der Waals surface area contributed by atoms with E-state index in [4.69, 9.17) is 4.74 Å². The summed E-state index contributed by atoms with van der Waals surface area (Å²) in [6.07, 6.45) is -7.36. The molecule has 0 saturated carbocycles. The number of pyridine rings is 1. The molecule has 1 unspecified atom stereocenters. The molecular formula is C35H38F7N3O3. The third-order valence-corrected chi connectivity index (χ3v) is 9.09. The van der Waals surface area contributed by atoms with Gasteiger partial charge in [0.25, 0.3) is 0 Å². The summed E-state index contributed by atoms with van der Waals surface area (Å²) < 4.78 is 101. The van der Waals surface area contributed by atoms with E-state index in [0.29, 0.717) is 67.2 Å². The van der Waals surface area contributed by atoms with Crippen LogP contribution in [0, 0.1) is 24.6 Å². The molecule has 3 aromatic rings. The minimum atomic E-state index is -5.08. The topological polar surface area (TPSA) is 62.7 Å². The van der Waals surface area contributed by atoms with Gasteiger partial charge in [0, 0.05) is 25.7 Å². The summed E-state index contributed by atoms with van der Waals surface area (Å²) in [5.41, 5.74) is -3.59. The number of carbonyl (C=O) groups is 2. The molecule has 0 bridgehead atoms. The van der Waals surface area contributed by atoms with Crippen molar-refractivity contribution in [1.82, 2.24) is 4.98 Å². The third kappa shape index (κ3) is 7.76. The van der Waals surface area contributed by atoms with Gasteiger partial charge in [0.15, 0.2) is 0 Å². The number of amides is 1. The minimum Gasteiger partial charge on any atom is -0.466 e. The molecular weight excluding hydrogens is 643 g/mol. The van der Waals surface area contributed by atoms with Gasteiger partial charge in [-0.2, -0.15) is 26.3 Å². The highest BCUT2D eigenvalue weighted by molar-refractivity contribution is 6.03. The Hall–Kier alpha value is -4.16. The van der Waals surface area contributed by atoms with Crippen LogP contribution >= 0.6 is 0 Å². The number of piperidine rings is 1. The van der Waals surface area contributed by atoms with Gasteiger partial charge in [0.2, 0.25) is 5.91 Å². The molecule has 1 aliphatic rings. The molecule has 0 radical (unpaired) electrons. The lowest BCUT2D eigenvalue weighted by Crippen LogP contribution is -2.42. The van der Waals surface area contributed by atoms with Crippen molar-refractivity contribution in [2.75, 3.05) is 36.5 Å². The number of aryl methyl sites for hydroxylation is 1. The Kier molecular flexibility index (Phi) is 10.5. The Morgan fingerprint density at radius 2 is 1.50 bits per heavy atom. The van der Waals surface area contributed by atoms with Crippen molar-refractivity contribution in [1.29, 1.82) is 0 Å². The van der Waals surface area contributed by atoms with Crippen LogP contribution in [0.3, 0.4) is 0 Å². The van der Waals surface area contributed by atoms with Crippen LogP contribution in [0.2, 0.25) is 0 Å². The number of esters is 1. The van der Waals surface area contributed by atoms with Crippen molar-refractivity contribution in [3.05, 3.63) is 76.7 Å². The quantitative estimate of drug-likeness (QED) is 0.176. The van der Waals surface area contributed by atoms with Crippen LogP contribution in [0.5, 0.6) is 0 Å². The lowest BCUT2D eigenvalue weighted by atomic mass is 9.81. The smallest absolute Gasteiger partial charge is 0.416 e. The number of likely N-dealkylation sites (N-methyl/N-ethyl adjacent to an activating group) is 1. The maximum Gasteiger partial charge on any atom is 0.416 e. The number of carbonyl (C=O) groups excluding carboxylic acids is 2. The number of hydrogen-bond acceptors (Lipinski definition) is 5. The number of nitrogens with zero attached hydrogens (tertiary/aromatic N) is 3. The highest BCUT2D eigenvalue weighted by Gasteiger charge is 2.41. The van der Waals surface area contributed by atoms with Crippen molar-refractivity contribution < 1.29 is 45.1 Å². The van der Waals surface area contributed by atoms with Gasteiger partial charge in [-0.05, 0) is 99.5 Å². The Balaban J connectivity index is 1.73. The molecule has 48 heavy (non-hydrogen) atoms. The van der Waals surface area contributed by atoms with Gasteiger partial charge in [-0.15, -0.1) is 0 Å². The first-order chi connectivity index (χ1) is 22.2. The summed E-state index contributed by atoms with van der Waals surface area (Å²) in [6, 6.07) is 6.96. The van der Waals surface area contributed by atoms with Gasteiger partial charge >= 0.3 is 18.3 Å². The molecule has 2 aromatic carbocycles. The lowest BCUT2D eigenvalue weighted by molar-refractivity contribution is -0.149. The van der Waals surface area contributed by atoms with Crippen molar-refractivity contribution in [2.45, 2.75) is 65.2 Å². The molecule has 1 atom stereocenters. The zero-order chi connectivity index (χ0) is 35.8. The predicted molar refractivity (Wildman–Crippen MR) is 168 cm³/mol. The van der Waals surface area contributed by atoms with Crippen LogP contribution in [0.25, 0.3) is 11.1 Å². The Bertz CT molecular complexity index is 1630. The molecule has 13 heteroatoms. The average molecular weight is 682 g/mol. The molecule has 4 rings (SSSR count). The predicted octanol–water partition coefficient (Wildman–Crippen LogP) is 8.59. The number of halogens is 7. The number of anilines is 2. The molecule has 2 heterocycles. The first kappa shape index (κ1) is 36.7. The summed E-state index contributed by atoms with van der Waals surface area (Å²) in [4.78, 5) is 34.1. The number of rotatable bonds is 8. The van der Waals surface area contributed by atoms with Gasteiger partial charge in [0.1, 0.15) is 11.6 Å². The molecule has 1 amide bonds. The molecule has 0 aliphatic carbocycles. The van der Waals surface area contributed by atoms with E-state index in [1.165, 1.54) is 45.3 Å². The number of aromatic nitrogens is 1. The van der Waals surface area contributed by atoms with Gasteiger partial charge in [-0.3, -0.25) is 9.59 Å². The van der Waals surface area contributed by atoms with Crippen molar-refractivity contribution in [3.8, 4) is 11.1 Å². The molecule has 6 nitrogen and oxygen atoms in total. The zero-order valence-corrected chi connectivity index (χ0v) is 27.5. The van der Waals surface area contributed by atoms with E-state index >= 15 is 0 Å². The summed E-state index contributed by atoms with van der Waals surface area (Å²) >= 11 is 0. The molecule has 260 valence electrons. The molecule has 1 aliphatic heterocycles. The second kappa shape index (κ2) is 13.8. The minimum absolute atomic E-state index is 0.0200. The largest absolute Gasteiger partial charge is 0.466 e. The summed E-state index contributed by atoms with van der Waals surface area (Å²) in [6.45, 7) is 9.23. The van der Waals surface area contributed by atoms with E-state index in [1.807, 2.05) is 11.8 Å². The normalized spacial score (nSPS) is 15.3. The summed E-state index contributed by atoms with van der Waals surface area (Å²) in [5.74, 6) is -1.14. The standard InChI is InChI=1S/C35H38F7N3O3/c1-7-48-31(46)21(3)22-10-12-45(13-11-22)30-18-28(27-9-8-26(36)14-20(27)2)29(19-43-30)44(6)32(47)33(4,5)23-15-24(34(37,38)39)17-25(16-23)35(40,41)42/h8-9,14-19,21-22H,7,10-13H2,1-6H3. The number of ether oxygens (including phenoxy) is 1. The van der Waals surface area contributed by atoms with Gasteiger partial charge in [-0.1, -0.05) is 13.0 Å². The van der Waals surface area contributed by atoms with E-state index < -0.39 is 46.2 Å². The number of alkyl halides is 6. The van der Waals surface area contributed by atoms with Crippen LogP contribution in [0.15, 0.2) is 48.7 Å². The second-order valence-electron chi connectivity index (χ2n) is 12.7. The highest BCUT2D eigenvalue weighted by atomic mass is 19.4. The zero-order valence-electron chi connectivity index (χ0n) is 27.5. The van der Waals surface area contributed by atoms with Crippen LogP contribution < -0.4 is 9.80 Å². The lowest BCUT2D eigenvalue weighted by Gasteiger charge is -2.36. The van der Waals surface area contributed by atoms with E-state index in [2.05, 4.69) is 4.98 Å². The maximum absolute atomic E-state index is 14.1. The number of benzene rings is 2. The maximum atomic E-state index is 14.1. The highest BCUT2D eigenvalue weighted by Crippen LogP contribution is 2.41. The first-order valence-corrected chi connectivity index (χ1v) is 15.5. The van der Waals surface area contributed by atoms with Gasteiger partial charge in [0.05, 0.1) is 41.0 Å². The molecule has 0 N–H and O–H groups in total. The molecule has 1 aromatic heterocycles. The van der Waals surface area contributed by atoms with Crippen molar-refractivity contribution in [2.24, 2.45) is 11.8 Å². The van der Waals surface area contributed by atoms with Gasteiger partial charge in [-0.25, -0.2) is 9.37 Å². The van der Waals surface area contributed by atoms with Crippen molar-refractivity contribution >= 4 is 23.4 Å². The first-order valence-electron chi connectivity index (χ1n) is 15.5. The van der Waals surface area contributed by atoms with Crippen LogP contribution in [-0.2, 0) is 32.1 Å². The summed E-state index contributed by atoms with van der Waals surface area (Å²) in [7, 11) is 1.36. The van der Waals surface area contributed by atoms with Crippen LogP contribution in [-0.4, -0.2) is 43.6 Å². The van der Waals surface area contributed by atoms with Crippen LogP contribution in [0.4, 0.5) is 42.2 Å². The Morgan fingerprint density at radius 1 is 0.938 bits per heavy atom. The molecule has 1 fully saturated rings. The Labute approximate surface area is 274 Å². The van der Waals surface area contributed by atoms with E-state index in [9.17, 15) is 40.3 Å². The molecule has 0 spiro atoms.